The molecule has 0 radical (unpaired) electrons. The Kier molecular flexibility index (Phi) is 11.5. The van der Waals surface area contributed by atoms with Crippen molar-refractivity contribution in [1.29, 1.82) is 0 Å². The lowest BCUT2D eigenvalue weighted by Gasteiger charge is -2.13. The van der Waals surface area contributed by atoms with Crippen molar-refractivity contribution in [2.75, 3.05) is 46.1 Å². The number of ether oxygens (including phenoxy) is 4. The Balaban J connectivity index is 0.00000300. The number of fused-ring (bicyclic) bond motifs is 1. The van der Waals surface area contributed by atoms with Gasteiger partial charge in [0.05, 0.1) is 32.5 Å². The normalized spacial score (nSPS) is 18.7. The quantitative estimate of drug-likeness (QED) is 0.226. The molecule has 1 atom stereocenters. The van der Waals surface area contributed by atoms with Gasteiger partial charge >= 0.3 is 0 Å². The molecule has 2 aliphatic heterocycles. The van der Waals surface area contributed by atoms with E-state index in [0.29, 0.717) is 32.5 Å². The van der Waals surface area contributed by atoms with E-state index in [2.05, 4.69) is 22.5 Å². The van der Waals surface area contributed by atoms with Crippen LogP contribution in [-0.4, -0.2) is 58.2 Å². The third-order valence-corrected chi connectivity index (χ3v) is 4.66. The van der Waals surface area contributed by atoms with Crippen molar-refractivity contribution in [2.24, 2.45) is 4.99 Å². The molecule has 7 nitrogen and oxygen atoms in total. The fourth-order valence-corrected chi connectivity index (χ4v) is 3.19. The van der Waals surface area contributed by atoms with Gasteiger partial charge < -0.3 is 29.6 Å². The van der Waals surface area contributed by atoms with E-state index < -0.39 is 0 Å². The number of guanidine groups is 1. The highest BCUT2D eigenvalue weighted by atomic mass is 127. The summed E-state index contributed by atoms with van der Waals surface area (Å²) in [6.07, 6.45) is 4.41. The summed E-state index contributed by atoms with van der Waals surface area (Å²) >= 11 is 0. The number of halogens is 1. The lowest BCUT2D eigenvalue weighted by molar-refractivity contribution is 0.0168. The molecule has 0 spiro atoms. The number of nitrogens with zero attached hydrogens (tertiary/aromatic N) is 1. The first-order valence-corrected chi connectivity index (χ1v) is 10.4. The molecule has 3 rings (SSSR count). The third-order valence-electron chi connectivity index (χ3n) is 4.66. The predicted octanol–water partition coefficient (Wildman–Crippen LogP) is 3.11. The zero-order valence-corrected chi connectivity index (χ0v) is 19.6. The Labute approximate surface area is 190 Å². The van der Waals surface area contributed by atoms with Crippen LogP contribution in [0.1, 0.15) is 38.2 Å². The van der Waals surface area contributed by atoms with Crippen LogP contribution in [0.15, 0.2) is 23.2 Å². The summed E-state index contributed by atoms with van der Waals surface area (Å²) in [5, 5.41) is 6.65. The average molecular weight is 519 g/mol. The summed E-state index contributed by atoms with van der Waals surface area (Å²) in [7, 11) is 0. The predicted molar refractivity (Wildman–Crippen MR) is 125 cm³/mol. The molecule has 29 heavy (non-hydrogen) atoms. The second-order valence-corrected chi connectivity index (χ2v) is 7.02. The Morgan fingerprint density at radius 1 is 1.14 bits per heavy atom. The zero-order chi connectivity index (χ0) is 19.4. The van der Waals surface area contributed by atoms with E-state index >= 15 is 0 Å². The van der Waals surface area contributed by atoms with E-state index in [-0.39, 0.29) is 24.0 Å². The molecule has 1 saturated heterocycles. The molecular weight excluding hydrogens is 485 g/mol. The Morgan fingerprint density at radius 3 is 2.79 bits per heavy atom. The molecule has 1 aromatic rings. The molecule has 2 heterocycles. The standard InChI is InChI=1S/C21H33N3O4.HI/c1-2-22-21(23-9-4-10-25-16-18-6-3-11-26-18)24-15-17-7-8-19-20(14-17)28-13-5-12-27-19;/h7-8,14,18H,2-6,9-13,15-16H2,1H3,(H2,22,23,24);1H. The molecule has 0 saturated carbocycles. The van der Waals surface area contributed by atoms with E-state index in [1.807, 2.05) is 18.2 Å². The largest absolute Gasteiger partial charge is 0.490 e. The second kappa shape index (κ2) is 13.9. The first-order chi connectivity index (χ1) is 13.8. The second-order valence-electron chi connectivity index (χ2n) is 7.02. The van der Waals surface area contributed by atoms with Gasteiger partial charge in [-0.1, -0.05) is 6.07 Å². The molecule has 8 heteroatoms. The van der Waals surface area contributed by atoms with Crippen LogP contribution in [0, 0.1) is 0 Å². The van der Waals surface area contributed by atoms with Crippen molar-refractivity contribution in [2.45, 2.75) is 45.3 Å². The number of nitrogens with one attached hydrogen (secondary N) is 2. The highest BCUT2D eigenvalue weighted by molar-refractivity contribution is 14.0. The number of benzene rings is 1. The first kappa shape index (κ1) is 24.0. The van der Waals surface area contributed by atoms with Gasteiger partial charge in [0.25, 0.3) is 0 Å². The Bertz CT molecular complexity index is 624. The molecule has 2 N–H and O–H groups in total. The Hall–Kier alpha value is -1.26. The SMILES string of the molecule is CCNC(=NCc1ccc2c(c1)OCCCO2)NCCCOCC1CCCO1.I. The minimum absolute atomic E-state index is 0. The molecule has 0 aromatic heterocycles. The number of aliphatic imine (C=N–C) groups is 1. The van der Waals surface area contributed by atoms with Gasteiger partial charge in [0.1, 0.15) is 0 Å². The lowest BCUT2D eigenvalue weighted by atomic mass is 10.2. The zero-order valence-electron chi connectivity index (χ0n) is 17.3. The van der Waals surface area contributed by atoms with Crippen molar-refractivity contribution in [3.63, 3.8) is 0 Å². The van der Waals surface area contributed by atoms with E-state index in [4.69, 9.17) is 18.9 Å². The highest BCUT2D eigenvalue weighted by Crippen LogP contribution is 2.30. The van der Waals surface area contributed by atoms with Gasteiger partial charge in [-0.2, -0.15) is 0 Å². The van der Waals surface area contributed by atoms with Crippen LogP contribution in [-0.2, 0) is 16.0 Å². The van der Waals surface area contributed by atoms with E-state index in [1.54, 1.807) is 0 Å². The summed E-state index contributed by atoms with van der Waals surface area (Å²) in [5.74, 6) is 2.44. The van der Waals surface area contributed by atoms with Crippen LogP contribution in [0.2, 0.25) is 0 Å². The van der Waals surface area contributed by atoms with E-state index in [9.17, 15) is 0 Å². The van der Waals surface area contributed by atoms with Gasteiger partial charge in [0, 0.05) is 32.7 Å². The number of hydrogen-bond acceptors (Lipinski definition) is 5. The molecular formula is C21H34IN3O4. The van der Waals surface area contributed by atoms with Crippen LogP contribution in [0.25, 0.3) is 0 Å². The van der Waals surface area contributed by atoms with Crippen molar-refractivity contribution in [1.82, 2.24) is 10.6 Å². The fourth-order valence-electron chi connectivity index (χ4n) is 3.19. The first-order valence-electron chi connectivity index (χ1n) is 10.4. The van der Waals surface area contributed by atoms with Crippen molar-refractivity contribution >= 4 is 29.9 Å². The minimum Gasteiger partial charge on any atom is -0.490 e. The smallest absolute Gasteiger partial charge is 0.191 e. The van der Waals surface area contributed by atoms with Crippen molar-refractivity contribution in [3.8, 4) is 11.5 Å². The van der Waals surface area contributed by atoms with Gasteiger partial charge in [-0.05, 0) is 43.9 Å². The molecule has 0 aliphatic carbocycles. The molecule has 2 aliphatic rings. The van der Waals surface area contributed by atoms with Crippen LogP contribution < -0.4 is 20.1 Å². The molecule has 0 amide bonds. The lowest BCUT2D eigenvalue weighted by Crippen LogP contribution is -2.38. The maximum atomic E-state index is 5.76. The highest BCUT2D eigenvalue weighted by Gasteiger charge is 2.15. The minimum atomic E-state index is 0. The fraction of sp³-hybridized carbons (Fsp3) is 0.667. The number of hydrogen-bond donors (Lipinski definition) is 2. The van der Waals surface area contributed by atoms with Crippen molar-refractivity contribution < 1.29 is 18.9 Å². The van der Waals surface area contributed by atoms with Gasteiger partial charge in [-0.15, -0.1) is 24.0 Å². The number of rotatable bonds is 9. The summed E-state index contributed by atoms with van der Waals surface area (Å²) < 4.78 is 22.7. The monoisotopic (exact) mass is 519 g/mol. The summed E-state index contributed by atoms with van der Waals surface area (Å²) in [6, 6.07) is 6.03. The van der Waals surface area contributed by atoms with Crippen molar-refractivity contribution in [3.05, 3.63) is 23.8 Å². The van der Waals surface area contributed by atoms with Gasteiger partial charge in [0.15, 0.2) is 17.5 Å². The summed E-state index contributed by atoms with van der Waals surface area (Å²) in [5.41, 5.74) is 1.10. The molecule has 0 bridgehead atoms. The Morgan fingerprint density at radius 2 is 2.00 bits per heavy atom. The maximum Gasteiger partial charge on any atom is 0.191 e. The van der Waals surface area contributed by atoms with Crippen LogP contribution in [0.3, 0.4) is 0 Å². The topological polar surface area (TPSA) is 73.3 Å². The molecule has 1 unspecified atom stereocenters. The third kappa shape index (κ3) is 8.55. The van der Waals surface area contributed by atoms with E-state index in [0.717, 1.165) is 75.0 Å². The molecule has 1 aromatic carbocycles. The average Bonchev–Trinajstić information content (AvgIpc) is 3.12. The summed E-state index contributed by atoms with van der Waals surface area (Å²) in [4.78, 5) is 4.67. The molecule has 1 fully saturated rings. The van der Waals surface area contributed by atoms with Gasteiger partial charge in [-0.25, -0.2) is 4.99 Å². The maximum absolute atomic E-state index is 5.76. The van der Waals surface area contributed by atoms with E-state index in [1.165, 1.54) is 0 Å². The van der Waals surface area contributed by atoms with Gasteiger partial charge in [-0.3, -0.25) is 0 Å². The van der Waals surface area contributed by atoms with Crippen LogP contribution >= 0.6 is 24.0 Å². The van der Waals surface area contributed by atoms with Gasteiger partial charge in [0.2, 0.25) is 0 Å². The van der Waals surface area contributed by atoms with Crippen LogP contribution in [0.4, 0.5) is 0 Å². The summed E-state index contributed by atoms with van der Waals surface area (Å²) in [6.45, 7) is 8.00. The molecule has 164 valence electrons. The van der Waals surface area contributed by atoms with Crippen LogP contribution in [0.5, 0.6) is 11.5 Å².